The predicted molar refractivity (Wildman–Crippen MR) is 182 cm³/mol. The van der Waals surface area contributed by atoms with E-state index in [-0.39, 0.29) is 37.1 Å². The van der Waals surface area contributed by atoms with Gasteiger partial charge in [-0.15, -0.1) is 34.9 Å². The molecule has 3 aromatic heterocycles. The molecule has 0 saturated carbocycles. The maximum atomic E-state index is 11.5. The first kappa shape index (κ1) is 31.6. The molecule has 0 fully saturated rings. The Balaban J connectivity index is 0.000000237. The summed E-state index contributed by atoms with van der Waals surface area (Å²) in [6.45, 7) is 11.1. The Kier molecular flexibility index (Phi) is 8.56. The van der Waals surface area contributed by atoms with Crippen molar-refractivity contribution in [2.75, 3.05) is 0 Å². The van der Waals surface area contributed by atoms with Crippen molar-refractivity contribution in [3.8, 4) is 5.69 Å². The molecule has 0 saturated heterocycles. The van der Waals surface area contributed by atoms with Gasteiger partial charge < -0.3 is 9.67 Å². The summed E-state index contributed by atoms with van der Waals surface area (Å²) in [6.07, 6.45) is 1.33. The van der Waals surface area contributed by atoms with Gasteiger partial charge in [0.15, 0.2) is 5.78 Å². The number of ketones is 1. The van der Waals surface area contributed by atoms with E-state index in [1.165, 1.54) is 48.4 Å². The number of aliphatic hydroxyl groups excluding tert-OH is 1. The van der Waals surface area contributed by atoms with Crippen LogP contribution in [0.2, 0.25) is 0 Å². The molecule has 0 atom stereocenters. The summed E-state index contributed by atoms with van der Waals surface area (Å²) in [7, 11) is 0. The number of allylic oxidation sites excluding steroid dienone is 2. The standard InChI is InChI=1S/C27H15N2S.C11H20O2.Ir/c1-2-9-18(10-3-1)29-21-13-6-11-19-25(21)26-22(29)14-7-15-23(26)30-24-16-17-8-4-5-12-20(17)28-27(19)24;1-10(2,3)8(12)7-9(13)11(4,5)6;/h1-10,12-16H;7,12H,1-6H3;/q-1;;/b;8-7-;. The Morgan fingerprint density at radius 3 is 2.20 bits per heavy atom. The topological polar surface area (TPSA) is 55.1 Å². The first-order chi connectivity index (χ1) is 20.4. The second-order valence-electron chi connectivity index (χ2n) is 13.0. The third kappa shape index (κ3) is 5.82. The van der Waals surface area contributed by atoms with Gasteiger partial charge in [-0.25, -0.2) is 0 Å². The van der Waals surface area contributed by atoms with Crippen LogP contribution in [-0.2, 0) is 24.9 Å². The van der Waals surface area contributed by atoms with Crippen LogP contribution in [0, 0.1) is 16.9 Å². The summed E-state index contributed by atoms with van der Waals surface area (Å²) in [6, 6.07) is 35.5. The molecule has 0 amide bonds. The number of hydrogen-bond donors (Lipinski definition) is 1. The minimum Gasteiger partial charge on any atom is -0.512 e. The van der Waals surface area contributed by atoms with Gasteiger partial charge in [0.2, 0.25) is 0 Å². The Labute approximate surface area is 275 Å². The molecule has 7 aromatic rings. The SMILES string of the molecule is CC(C)(C)C(=O)/C=C(\O)C(C)(C)C.[Ir].[c-]1ccc2c3c1c1nc4ccccc4cc1sc1cccc(c13)n2-c1ccccc1. The number of pyridine rings is 1. The molecular formula is C38H35IrN2O2S-. The fourth-order valence-corrected chi connectivity index (χ4v) is 6.29. The zero-order chi connectivity index (χ0) is 30.5. The molecule has 1 radical (unpaired) electrons. The maximum Gasteiger partial charge on any atom is 0.164 e. The maximum absolute atomic E-state index is 11.5. The molecule has 1 N–H and O–H groups in total. The van der Waals surface area contributed by atoms with Gasteiger partial charge in [-0.05, 0) is 52.7 Å². The largest absolute Gasteiger partial charge is 0.512 e. The van der Waals surface area contributed by atoms with E-state index in [0.29, 0.717) is 0 Å². The summed E-state index contributed by atoms with van der Waals surface area (Å²) >= 11 is 1.81. The Hall–Kier alpha value is -3.83. The van der Waals surface area contributed by atoms with Gasteiger partial charge in [-0.3, -0.25) is 9.78 Å². The number of para-hydroxylation sites is 2. The van der Waals surface area contributed by atoms with Gasteiger partial charge in [-0.2, -0.15) is 0 Å². The van der Waals surface area contributed by atoms with Crippen molar-refractivity contribution in [1.82, 2.24) is 9.55 Å². The minimum absolute atomic E-state index is 0. The quantitative estimate of drug-likeness (QED) is 0.108. The van der Waals surface area contributed by atoms with E-state index < -0.39 is 5.41 Å². The minimum atomic E-state index is -0.417. The Morgan fingerprint density at radius 2 is 1.50 bits per heavy atom. The second kappa shape index (κ2) is 11.9. The first-order valence-corrected chi connectivity index (χ1v) is 15.3. The van der Waals surface area contributed by atoms with Crippen LogP contribution in [-0.4, -0.2) is 20.4 Å². The van der Waals surface area contributed by atoms with Crippen molar-refractivity contribution in [2.45, 2.75) is 41.5 Å². The van der Waals surface area contributed by atoms with Crippen LogP contribution < -0.4 is 0 Å². The molecule has 0 aliphatic rings. The van der Waals surface area contributed by atoms with Crippen LogP contribution in [0.4, 0.5) is 0 Å². The second-order valence-corrected chi connectivity index (χ2v) is 14.0. The summed E-state index contributed by atoms with van der Waals surface area (Å²) in [4.78, 5) is 16.6. The van der Waals surface area contributed by atoms with Crippen molar-refractivity contribution in [2.24, 2.45) is 10.8 Å². The zero-order valence-electron chi connectivity index (χ0n) is 25.7. The van der Waals surface area contributed by atoms with Crippen LogP contribution in [0.1, 0.15) is 41.5 Å². The van der Waals surface area contributed by atoms with E-state index in [1.807, 2.05) is 58.9 Å². The summed E-state index contributed by atoms with van der Waals surface area (Å²) < 4.78 is 4.81. The van der Waals surface area contributed by atoms with Crippen molar-refractivity contribution < 1.29 is 30.0 Å². The van der Waals surface area contributed by atoms with E-state index >= 15 is 0 Å². The number of rotatable bonds is 2. The molecule has 0 unspecified atom stereocenters. The molecular weight excluding hydrogens is 741 g/mol. The van der Waals surface area contributed by atoms with Gasteiger partial charge >= 0.3 is 0 Å². The van der Waals surface area contributed by atoms with E-state index in [0.717, 1.165) is 16.4 Å². The molecule has 3 heterocycles. The van der Waals surface area contributed by atoms with E-state index in [4.69, 9.17) is 4.98 Å². The van der Waals surface area contributed by atoms with E-state index in [2.05, 4.69) is 95.6 Å². The van der Waals surface area contributed by atoms with E-state index in [9.17, 15) is 9.90 Å². The van der Waals surface area contributed by atoms with Crippen LogP contribution in [0.3, 0.4) is 0 Å². The number of hydrogen-bond acceptors (Lipinski definition) is 4. The van der Waals surface area contributed by atoms with Gasteiger partial charge in [0, 0.05) is 63.1 Å². The number of carbonyl (C=O) groups excluding carboxylic acids is 1. The molecule has 6 heteroatoms. The molecule has 44 heavy (non-hydrogen) atoms. The molecule has 7 rings (SSSR count). The van der Waals surface area contributed by atoms with Crippen LogP contribution in [0.25, 0.3) is 58.7 Å². The normalized spacial score (nSPS) is 12.5. The summed E-state index contributed by atoms with van der Waals surface area (Å²) in [5, 5.41) is 14.3. The molecule has 0 spiro atoms. The van der Waals surface area contributed by atoms with Gasteiger partial charge in [-0.1, -0.05) is 89.4 Å². The average Bonchev–Trinajstić information content (AvgIpc) is 3.24. The first-order valence-electron chi connectivity index (χ1n) is 14.5. The van der Waals surface area contributed by atoms with Crippen molar-refractivity contribution in [1.29, 1.82) is 0 Å². The predicted octanol–water partition coefficient (Wildman–Crippen LogP) is 10.6. The summed E-state index contributed by atoms with van der Waals surface area (Å²) in [5.41, 5.74) is 4.86. The third-order valence-electron chi connectivity index (χ3n) is 7.65. The van der Waals surface area contributed by atoms with Gasteiger partial charge in [0.05, 0.1) is 5.52 Å². The molecule has 225 valence electrons. The monoisotopic (exact) mass is 776 g/mol. The average molecular weight is 776 g/mol. The van der Waals surface area contributed by atoms with Crippen LogP contribution >= 0.6 is 11.3 Å². The smallest absolute Gasteiger partial charge is 0.164 e. The van der Waals surface area contributed by atoms with Gasteiger partial charge in [0.1, 0.15) is 5.76 Å². The van der Waals surface area contributed by atoms with Gasteiger partial charge in [0.25, 0.3) is 0 Å². The van der Waals surface area contributed by atoms with Crippen LogP contribution in [0.5, 0.6) is 0 Å². The number of carbonyl (C=O) groups is 1. The fraction of sp³-hybridized carbons (Fsp3) is 0.211. The van der Waals surface area contributed by atoms with Crippen molar-refractivity contribution >= 4 is 70.1 Å². The molecule has 4 aromatic carbocycles. The van der Waals surface area contributed by atoms with Crippen molar-refractivity contribution in [3.05, 3.63) is 109 Å². The number of fused-ring (bicyclic) bond motifs is 3. The molecule has 0 bridgehead atoms. The summed E-state index contributed by atoms with van der Waals surface area (Å²) in [5.74, 6) is 0.104. The number of nitrogens with zero attached hydrogens (tertiary/aromatic N) is 2. The number of aliphatic hydroxyl groups is 1. The fourth-order valence-electron chi connectivity index (χ4n) is 5.17. The number of aromatic nitrogens is 2. The number of benzene rings is 4. The third-order valence-corrected chi connectivity index (χ3v) is 8.74. The molecule has 0 aliphatic heterocycles. The molecule has 0 aliphatic carbocycles. The van der Waals surface area contributed by atoms with E-state index in [1.54, 1.807) is 0 Å². The van der Waals surface area contributed by atoms with Crippen LogP contribution in [0.15, 0.2) is 103 Å². The Morgan fingerprint density at radius 1 is 0.818 bits per heavy atom. The zero-order valence-corrected chi connectivity index (χ0v) is 28.9. The molecule has 4 nitrogen and oxygen atoms in total. The Bertz CT molecular complexity index is 2180. The van der Waals surface area contributed by atoms with Crippen molar-refractivity contribution in [3.63, 3.8) is 0 Å².